The van der Waals surface area contributed by atoms with Crippen molar-refractivity contribution in [2.24, 2.45) is 0 Å². The molecule has 3 rings (SSSR count). The van der Waals surface area contributed by atoms with E-state index in [0.29, 0.717) is 5.69 Å². The number of nitrogens with one attached hydrogen (secondary N) is 1. The third kappa shape index (κ3) is 8.64. The summed E-state index contributed by atoms with van der Waals surface area (Å²) in [5.41, 5.74) is 1.57. The van der Waals surface area contributed by atoms with Gasteiger partial charge in [0.25, 0.3) is 0 Å². The first-order valence-electron chi connectivity index (χ1n) is 12.7. The number of aryl methyl sites for hydroxylation is 1. The number of amides is 2. The first-order chi connectivity index (χ1) is 18.2. The Morgan fingerprint density at radius 1 is 0.949 bits per heavy atom. The number of rotatable bonds is 10. The minimum Gasteiger partial charge on any atom is -0.350 e. The predicted molar refractivity (Wildman–Crippen MR) is 152 cm³/mol. The Bertz CT molecular complexity index is 1400. The first kappa shape index (κ1) is 29.8. The van der Waals surface area contributed by atoms with Crippen LogP contribution in [0, 0.1) is 12.7 Å². The number of benzene rings is 3. The number of sulfonamides is 1. The zero-order chi connectivity index (χ0) is 28.8. The van der Waals surface area contributed by atoms with Crippen LogP contribution in [0.25, 0.3) is 0 Å². The van der Waals surface area contributed by atoms with Crippen LogP contribution in [0.5, 0.6) is 0 Å². The van der Waals surface area contributed by atoms with Crippen molar-refractivity contribution >= 4 is 27.5 Å². The van der Waals surface area contributed by atoms with Gasteiger partial charge in [-0.1, -0.05) is 60.7 Å². The number of halogens is 1. The molecule has 0 aromatic heterocycles. The van der Waals surface area contributed by atoms with Crippen LogP contribution in [0.4, 0.5) is 10.1 Å². The molecular weight excluding hydrogens is 517 g/mol. The molecule has 0 radical (unpaired) electrons. The predicted octanol–water partition coefficient (Wildman–Crippen LogP) is 4.45. The molecule has 1 N–H and O–H groups in total. The van der Waals surface area contributed by atoms with Crippen LogP contribution in [0.2, 0.25) is 0 Å². The van der Waals surface area contributed by atoms with E-state index >= 15 is 0 Å². The lowest BCUT2D eigenvalue weighted by Gasteiger charge is -2.35. The zero-order valence-corrected chi connectivity index (χ0v) is 23.8. The average Bonchev–Trinajstić information content (AvgIpc) is 2.84. The van der Waals surface area contributed by atoms with Crippen molar-refractivity contribution in [3.63, 3.8) is 0 Å². The highest BCUT2D eigenvalue weighted by atomic mass is 32.2. The molecule has 0 aliphatic rings. The first-order valence-corrected chi connectivity index (χ1v) is 14.5. The molecule has 0 aliphatic heterocycles. The summed E-state index contributed by atoms with van der Waals surface area (Å²) in [6.45, 7) is 6.55. The van der Waals surface area contributed by atoms with E-state index in [1.165, 1.54) is 11.0 Å². The van der Waals surface area contributed by atoms with Crippen molar-refractivity contribution in [1.29, 1.82) is 0 Å². The molecule has 1 atom stereocenters. The fourth-order valence-electron chi connectivity index (χ4n) is 4.21. The fourth-order valence-corrected chi connectivity index (χ4v) is 5.06. The van der Waals surface area contributed by atoms with Gasteiger partial charge in [0.2, 0.25) is 21.8 Å². The van der Waals surface area contributed by atoms with Crippen LogP contribution < -0.4 is 9.62 Å². The van der Waals surface area contributed by atoms with Crippen molar-refractivity contribution in [2.45, 2.75) is 52.2 Å². The zero-order valence-electron chi connectivity index (χ0n) is 23.0. The monoisotopic (exact) mass is 553 g/mol. The van der Waals surface area contributed by atoms with Gasteiger partial charge in [-0.05, 0) is 57.0 Å². The lowest BCUT2D eigenvalue weighted by atomic mass is 10.0. The molecule has 0 spiro atoms. The number of anilines is 1. The molecule has 39 heavy (non-hydrogen) atoms. The van der Waals surface area contributed by atoms with E-state index in [1.54, 1.807) is 36.4 Å². The second kappa shape index (κ2) is 12.4. The summed E-state index contributed by atoms with van der Waals surface area (Å²) in [4.78, 5) is 28.9. The van der Waals surface area contributed by atoms with Crippen LogP contribution in [-0.4, -0.2) is 49.5 Å². The molecule has 0 bridgehead atoms. The molecule has 9 heteroatoms. The Labute approximate surface area is 230 Å². The average molecular weight is 554 g/mol. The Morgan fingerprint density at radius 2 is 1.59 bits per heavy atom. The number of nitrogens with zero attached hydrogens (tertiary/aromatic N) is 2. The quantitative estimate of drug-likeness (QED) is 0.402. The van der Waals surface area contributed by atoms with Gasteiger partial charge in [0.05, 0.1) is 11.9 Å². The molecule has 0 saturated heterocycles. The maximum Gasteiger partial charge on any atom is 0.244 e. The second-order valence-corrected chi connectivity index (χ2v) is 12.6. The van der Waals surface area contributed by atoms with E-state index < -0.39 is 45.8 Å². The van der Waals surface area contributed by atoms with Crippen molar-refractivity contribution in [3.05, 3.63) is 101 Å². The highest BCUT2D eigenvalue weighted by Crippen LogP contribution is 2.22. The largest absolute Gasteiger partial charge is 0.350 e. The maximum atomic E-state index is 14.8. The number of hydrogen-bond acceptors (Lipinski definition) is 4. The third-order valence-electron chi connectivity index (χ3n) is 6.04. The SMILES string of the molecule is Cc1cccc(N(CC(=O)N(Cc2ccccc2F)[C@@H](Cc2ccccc2)C(=O)NC(C)(C)C)S(C)(=O)=O)c1. The summed E-state index contributed by atoms with van der Waals surface area (Å²) in [7, 11) is -3.87. The lowest BCUT2D eigenvalue weighted by molar-refractivity contribution is -0.140. The fraction of sp³-hybridized carbons (Fsp3) is 0.333. The van der Waals surface area contributed by atoms with Crippen LogP contribution in [0.3, 0.4) is 0 Å². The van der Waals surface area contributed by atoms with Crippen molar-refractivity contribution in [3.8, 4) is 0 Å². The molecular formula is C30H36FN3O4S. The van der Waals surface area contributed by atoms with Gasteiger partial charge in [-0.3, -0.25) is 13.9 Å². The van der Waals surface area contributed by atoms with E-state index in [-0.39, 0.29) is 18.5 Å². The molecule has 0 saturated carbocycles. The molecule has 2 amide bonds. The summed E-state index contributed by atoms with van der Waals surface area (Å²) in [6.07, 6.45) is 1.18. The minimum absolute atomic E-state index is 0.159. The molecule has 3 aromatic carbocycles. The lowest BCUT2D eigenvalue weighted by Crippen LogP contribution is -2.56. The Kier molecular flexibility index (Phi) is 9.50. The normalized spacial score (nSPS) is 12.5. The van der Waals surface area contributed by atoms with Crippen LogP contribution in [0.15, 0.2) is 78.9 Å². The summed E-state index contributed by atoms with van der Waals surface area (Å²) >= 11 is 0. The van der Waals surface area contributed by atoms with Crippen LogP contribution >= 0.6 is 0 Å². The molecule has 0 unspecified atom stereocenters. The van der Waals surface area contributed by atoms with E-state index in [9.17, 15) is 22.4 Å². The second-order valence-electron chi connectivity index (χ2n) is 10.7. The molecule has 208 valence electrons. The minimum atomic E-state index is -3.87. The van der Waals surface area contributed by atoms with E-state index in [4.69, 9.17) is 0 Å². The van der Waals surface area contributed by atoms with Gasteiger partial charge >= 0.3 is 0 Å². The van der Waals surface area contributed by atoms with Crippen molar-refractivity contribution in [1.82, 2.24) is 10.2 Å². The topological polar surface area (TPSA) is 86.8 Å². The summed E-state index contributed by atoms with van der Waals surface area (Å²) < 4.78 is 41.4. The van der Waals surface area contributed by atoms with E-state index in [1.807, 2.05) is 64.1 Å². The number of hydrogen-bond donors (Lipinski definition) is 1. The summed E-state index contributed by atoms with van der Waals surface area (Å²) in [5, 5.41) is 2.94. The van der Waals surface area contributed by atoms with Crippen molar-refractivity contribution < 1.29 is 22.4 Å². The molecule has 7 nitrogen and oxygen atoms in total. The highest BCUT2D eigenvalue weighted by Gasteiger charge is 2.34. The van der Waals surface area contributed by atoms with Gasteiger partial charge in [-0.15, -0.1) is 0 Å². The Balaban J connectivity index is 2.09. The summed E-state index contributed by atoms with van der Waals surface area (Å²) in [6, 6.07) is 21.0. The third-order valence-corrected chi connectivity index (χ3v) is 7.18. The van der Waals surface area contributed by atoms with E-state index in [0.717, 1.165) is 21.7 Å². The smallest absolute Gasteiger partial charge is 0.244 e. The Hall–Kier alpha value is -3.72. The van der Waals surface area contributed by atoms with Gasteiger partial charge in [-0.25, -0.2) is 12.8 Å². The van der Waals surface area contributed by atoms with Gasteiger partial charge in [-0.2, -0.15) is 0 Å². The highest BCUT2D eigenvalue weighted by molar-refractivity contribution is 7.92. The Morgan fingerprint density at radius 3 is 2.18 bits per heavy atom. The summed E-state index contributed by atoms with van der Waals surface area (Å²) in [5.74, 6) is -1.57. The number of carbonyl (C=O) groups is 2. The molecule has 0 aliphatic carbocycles. The van der Waals surface area contributed by atoms with Gasteiger partial charge < -0.3 is 10.2 Å². The molecule has 0 heterocycles. The van der Waals surface area contributed by atoms with Gasteiger partial charge in [0.1, 0.15) is 18.4 Å². The molecule has 3 aromatic rings. The number of carbonyl (C=O) groups excluding carboxylic acids is 2. The van der Waals surface area contributed by atoms with Gasteiger partial charge in [0, 0.05) is 24.1 Å². The standard InChI is InChI=1S/C30H36FN3O4S/c1-22-12-11-16-25(18-22)34(39(5,37)38)21-28(35)33(20-24-15-9-10-17-26(24)31)27(29(36)32-30(2,3)4)19-23-13-7-6-8-14-23/h6-18,27H,19-21H2,1-5H3,(H,32,36)/t27-/m0/s1. The van der Waals surface area contributed by atoms with Crippen molar-refractivity contribution in [2.75, 3.05) is 17.1 Å². The van der Waals surface area contributed by atoms with Crippen LogP contribution in [0.1, 0.15) is 37.5 Å². The van der Waals surface area contributed by atoms with E-state index in [2.05, 4.69) is 5.32 Å². The van der Waals surface area contributed by atoms with Gasteiger partial charge in [0.15, 0.2) is 0 Å². The molecule has 0 fully saturated rings. The van der Waals surface area contributed by atoms with Crippen LogP contribution in [-0.2, 0) is 32.6 Å². The maximum absolute atomic E-state index is 14.8.